The number of aryl methyl sites for hydroxylation is 2. The van der Waals surface area contributed by atoms with Crippen LogP contribution < -0.4 is 5.43 Å². The van der Waals surface area contributed by atoms with Crippen molar-refractivity contribution in [2.45, 2.75) is 24.8 Å². The first-order valence-corrected chi connectivity index (χ1v) is 9.99. The highest BCUT2D eigenvalue weighted by Crippen LogP contribution is 2.20. The minimum absolute atomic E-state index is 0.268. The number of nitrogens with zero attached hydrogens (tertiary/aromatic N) is 3. The molecule has 0 fully saturated rings. The van der Waals surface area contributed by atoms with Gasteiger partial charge >= 0.3 is 0 Å². The molecule has 0 aliphatic heterocycles. The molecule has 0 saturated carbocycles. The zero-order valence-corrected chi connectivity index (χ0v) is 17.1. The molecule has 0 saturated heterocycles. The van der Waals surface area contributed by atoms with Gasteiger partial charge in [-0.1, -0.05) is 47.6 Å². The molecule has 0 spiro atoms. The van der Waals surface area contributed by atoms with Crippen LogP contribution in [0.15, 0.2) is 64.9 Å². The fourth-order valence-electron chi connectivity index (χ4n) is 2.48. The summed E-state index contributed by atoms with van der Waals surface area (Å²) in [6, 6.07) is 16.6. The summed E-state index contributed by atoms with van der Waals surface area (Å²) in [6.45, 7) is 3.92. The molecule has 1 amide bonds. The van der Waals surface area contributed by atoms with Crippen molar-refractivity contribution >= 4 is 35.5 Å². The summed E-state index contributed by atoms with van der Waals surface area (Å²) in [7, 11) is 0. The van der Waals surface area contributed by atoms with Crippen molar-refractivity contribution in [1.29, 1.82) is 0 Å². The molecule has 0 bridgehead atoms. The van der Waals surface area contributed by atoms with E-state index >= 15 is 0 Å². The normalized spacial score (nSPS) is 11.0. The second-order valence-corrected chi connectivity index (χ2v) is 7.55. The smallest absolute Gasteiger partial charge is 0.267 e. The Morgan fingerprint density at radius 2 is 1.82 bits per heavy atom. The van der Waals surface area contributed by atoms with Gasteiger partial charge < -0.3 is 0 Å². The van der Waals surface area contributed by atoms with Crippen LogP contribution in [0.1, 0.15) is 32.9 Å². The molecule has 0 radical (unpaired) electrons. The Labute approximate surface area is 173 Å². The maximum atomic E-state index is 12.2. The van der Waals surface area contributed by atoms with Crippen LogP contribution in [0.2, 0.25) is 5.02 Å². The number of carbonyl (C=O) groups excluding carboxylic acids is 1. The molecule has 0 atom stereocenters. The van der Waals surface area contributed by atoms with E-state index in [2.05, 4.69) is 20.5 Å². The number of hydrazone groups is 1. The lowest BCUT2D eigenvalue weighted by Gasteiger charge is -2.05. The SMILES string of the molecule is Cc1cc(C)nc(SCc2ccc(C(=O)N/N=C\c3cccc(Cl)c3)cc2)n1. The highest BCUT2D eigenvalue weighted by atomic mass is 35.5. The summed E-state index contributed by atoms with van der Waals surface area (Å²) in [5, 5.41) is 5.35. The summed E-state index contributed by atoms with van der Waals surface area (Å²) in [5.74, 6) is 0.465. The monoisotopic (exact) mass is 410 g/mol. The molecule has 1 N–H and O–H groups in total. The second kappa shape index (κ2) is 9.48. The van der Waals surface area contributed by atoms with E-state index < -0.39 is 0 Å². The van der Waals surface area contributed by atoms with E-state index in [1.54, 1.807) is 42.2 Å². The van der Waals surface area contributed by atoms with Crippen LogP contribution in [0.25, 0.3) is 0 Å². The predicted octanol–water partition coefficient (Wildman–Crippen LogP) is 4.80. The molecular weight excluding hydrogens is 392 g/mol. The molecule has 3 aromatic rings. The summed E-state index contributed by atoms with van der Waals surface area (Å²) >= 11 is 7.49. The van der Waals surface area contributed by atoms with Crippen LogP contribution in [0, 0.1) is 13.8 Å². The lowest BCUT2D eigenvalue weighted by molar-refractivity contribution is 0.0955. The molecule has 142 valence electrons. The van der Waals surface area contributed by atoms with E-state index in [1.807, 2.05) is 44.2 Å². The van der Waals surface area contributed by atoms with Crippen LogP contribution in [0.5, 0.6) is 0 Å². The van der Waals surface area contributed by atoms with E-state index in [1.165, 1.54) is 0 Å². The summed E-state index contributed by atoms with van der Waals surface area (Å²) < 4.78 is 0. The van der Waals surface area contributed by atoms with Crippen molar-refractivity contribution in [1.82, 2.24) is 15.4 Å². The largest absolute Gasteiger partial charge is 0.271 e. The summed E-state index contributed by atoms with van der Waals surface area (Å²) in [4.78, 5) is 21.0. The molecule has 7 heteroatoms. The van der Waals surface area contributed by atoms with Crippen molar-refractivity contribution < 1.29 is 4.79 Å². The molecule has 0 aliphatic rings. The minimum atomic E-state index is -0.268. The third-order valence-electron chi connectivity index (χ3n) is 3.77. The number of thioether (sulfide) groups is 1. The fourth-order valence-corrected chi connectivity index (χ4v) is 3.58. The topological polar surface area (TPSA) is 67.2 Å². The van der Waals surface area contributed by atoms with Crippen molar-refractivity contribution in [3.05, 3.63) is 87.7 Å². The van der Waals surface area contributed by atoms with Crippen LogP contribution in [-0.4, -0.2) is 22.1 Å². The van der Waals surface area contributed by atoms with Crippen LogP contribution in [-0.2, 0) is 5.75 Å². The maximum absolute atomic E-state index is 12.2. The average Bonchev–Trinajstić information content (AvgIpc) is 2.66. The molecule has 3 rings (SSSR count). The van der Waals surface area contributed by atoms with Crippen LogP contribution >= 0.6 is 23.4 Å². The van der Waals surface area contributed by atoms with Crippen molar-refractivity contribution in [2.24, 2.45) is 5.10 Å². The lowest BCUT2D eigenvalue weighted by atomic mass is 10.1. The van der Waals surface area contributed by atoms with Gasteiger partial charge in [0.15, 0.2) is 5.16 Å². The van der Waals surface area contributed by atoms with Gasteiger partial charge in [0.1, 0.15) is 0 Å². The van der Waals surface area contributed by atoms with Crippen LogP contribution in [0.3, 0.4) is 0 Å². The third kappa shape index (κ3) is 5.90. The summed E-state index contributed by atoms with van der Waals surface area (Å²) in [5.41, 5.74) is 6.88. The number of rotatable bonds is 6. The number of aromatic nitrogens is 2. The van der Waals surface area contributed by atoms with Gasteiger partial charge in [-0.05, 0) is 55.3 Å². The zero-order chi connectivity index (χ0) is 19.9. The number of carbonyl (C=O) groups is 1. The van der Waals surface area contributed by atoms with E-state index in [0.717, 1.165) is 33.4 Å². The third-order valence-corrected chi connectivity index (χ3v) is 4.93. The maximum Gasteiger partial charge on any atom is 0.271 e. The van der Waals surface area contributed by atoms with E-state index in [4.69, 9.17) is 11.6 Å². The Morgan fingerprint density at radius 1 is 1.11 bits per heavy atom. The predicted molar refractivity (Wildman–Crippen MR) is 114 cm³/mol. The second-order valence-electron chi connectivity index (χ2n) is 6.17. The first kappa shape index (κ1) is 20.0. The lowest BCUT2D eigenvalue weighted by Crippen LogP contribution is -2.17. The molecule has 0 unspecified atom stereocenters. The average molecular weight is 411 g/mol. The van der Waals surface area contributed by atoms with E-state index in [9.17, 15) is 4.79 Å². The van der Waals surface area contributed by atoms with Gasteiger partial charge in [0.25, 0.3) is 5.91 Å². The molecule has 2 aromatic carbocycles. The highest BCUT2D eigenvalue weighted by molar-refractivity contribution is 7.98. The van der Waals surface area contributed by atoms with Crippen LogP contribution in [0.4, 0.5) is 0 Å². The number of nitrogens with one attached hydrogen (secondary N) is 1. The highest BCUT2D eigenvalue weighted by Gasteiger charge is 2.06. The Hall–Kier alpha value is -2.70. The van der Waals surface area contributed by atoms with Gasteiger partial charge in [0, 0.05) is 27.7 Å². The van der Waals surface area contributed by atoms with Gasteiger partial charge in [-0.2, -0.15) is 5.10 Å². The molecule has 28 heavy (non-hydrogen) atoms. The van der Waals surface area contributed by atoms with Gasteiger partial charge in [-0.25, -0.2) is 15.4 Å². The molecule has 1 heterocycles. The van der Waals surface area contributed by atoms with Crippen molar-refractivity contribution in [2.75, 3.05) is 0 Å². The zero-order valence-electron chi connectivity index (χ0n) is 15.5. The van der Waals surface area contributed by atoms with E-state index in [0.29, 0.717) is 10.6 Å². The van der Waals surface area contributed by atoms with Crippen molar-refractivity contribution in [3.8, 4) is 0 Å². The number of amides is 1. The van der Waals surface area contributed by atoms with E-state index in [-0.39, 0.29) is 5.91 Å². The number of hydrogen-bond donors (Lipinski definition) is 1. The quantitative estimate of drug-likeness (QED) is 0.274. The minimum Gasteiger partial charge on any atom is -0.267 e. The van der Waals surface area contributed by atoms with Gasteiger partial charge in [0.05, 0.1) is 6.21 Å². The Bertz CT molecular complexity index is 985. The molecular formula is C21H19ClN4OS. The fraction of sp³-hybridized carbons (Fsp3) is 0.143. The Kier molecular flexibility index (Phi) is 6.79. The first-order valence-electron chi connectivity index (χ1n) is 8.62. The Morgan fingerprint density at radius 3 is 2.50 bits per heavy atom. The number of halogens is 1. The Balaban J connectivity index is 1.55. The standard InChI is InChI=1S/C21H19ClN4OS/c1-14-10-15(2)25-21(24-14)28-13-16-6-8-18(9-7-16)20(27)26-23-12-17-4-3-5-19(22)11-17/h3-12H,13H2,1-2H3,(H,26,27)/b23-12-. The molecule has 1 aromatic heterocycles. The first-order chi connectivity index (χ1) is 13.5. The van der Waals surface area contributed by atoms with Gasteiger partial charge in [-0.3, -0.25) is 4.79 Å². The summed E-state index contributed by atoms with van der Waals surface area (Å²) in [6.07, 6.45) is 1.55. The molecule has 0 aliphatic carbocycles. The van der Waals surface area contributed by atoms with Gasteiger partial charge in [-0.15, -0.1) is 0 Å². The van der Waals surface area contributed by atoms with Crippen molar-refractivity contribution in [3.63, 3.8) is 0 Å². The number of hydrogen-bond acceptors (Lipinski definition) is 5. The molecule has 5 nitrogen and oxygen atoms in total. The number of benzene rings is 2. The van der Waals surface area contributed by atoms with Gasteiger partial charge in [0.2, 0.25) is 0 Å².